The van der Waals surface area contributed by atoms with Crippen molar-refractivity contribution in [1.82, 2.24) is 0 Å². The largest absolute Gasteiger partial charge is 0.395 e. The third-order valence-corrected chi connectivity index (χ3v) is 7.61. The Balaban J connectivity index is 4.59. The fourth-order valence-electron chi connectivity index (χ4n) is 1.12. The fraction of sp³-hybridized carbons (Fsp3) is 1.00. The number of hydrogen-bond acceptors (Lipinski definition) is 5. The van der Waals surface area contributed by atoms with E-state index < -0.39 is 42.4 Å². The molecule has 0 radical (unpaired) electrons. The molecule has 0 rings (SSSR count). The molecule has 0 aromatic heterocycles. The van der Waals surface area contributed by atoms with Gasteiger partial charge in [0.2, 0.25) is 9.76 Å². The van der Waals surface area contributed by atoms with E-state index in [-0.39, 0.29) is 5.75 Å². The van der Waals surface area contributed by atoms with Crippen LogP contribution in [0.5, 0.6) is 0 Å². The van der Waals surface area contributed by atoms with Crippen molar-refractivity contribution in [3.8, 4) is 0 Å². The molecule has 110 valence electrons. The number of rotatable bonds is 8. The standard InChI is InChI=1S/C9H26O5SSi3/c1-8-15(10,11)14-16-9(12-17(2,3)4)13-18(5,6)7/h9H,8,16H2,1-7H3. The van der Waals surface area contributed by atoms with Gasteiger partial charge in [0.1, 0.15) is 5.91 Å². The highest BCUT2D eigenvalue weighted by molar-refractivity contribution is 7.87. The maximum atomic E-state index is 11.4. The zero-order valence-electron chi connectivity index (χ0n) is 12.4. The highest BCUT2D eigenvalue weighted by Crippen LogP contribution is 2.14. The first-order chi connectivity index (χ1) is 7.85. The van der Waals surface area contributed by atoms with E-state index in [2.05, 4.69) is 39.3 Å². The zero-order chi connectivity index (χ0) is 14.6. The third-order valence-electron chi connectivity index (χ3n) is 1.71. The molecule has 0 N–H and O–H groups in total. The van der Waals surface area contributed by atoms with Crippen molar-refractivity contribution in [2.24, 2.45) is 0 Å². The predicted octanol–water partition coefficient (Wildman–Crippen LogP) is 1.42. The van der Waals surface area contributed by atoms with Crippen LogP contribution in [-0.2, 0) is 22.8 Å². The van der Waals surface area contributed by atoms with Crippen LogP contribution in [0.2, 0.25) is 39.3 Å². The lowest BCUT2D eigenvalue weighted by Gasteiger charge is -2.30. The molecule has 0 fully saturated rings. The monoisotopic (exact) mass is 330 g/mol. The van der Waals surface area contributed by atoms with E-state index in [1.807, 2.05) is 0 Å². The summed E-state index contributed by atoms with van der Waals surface area (Å²) >= 11 is 0. The van der Waals surface area contributed by atoms with Crippen molar-refractivity contribution in [3.63, 3.8) is 0 Å². The topological polar surface area (TPSA) is 61.8 Å². The average Bonchev–Trinajstić information content (AvgIpc) is 2.09. The molecule has 0 saturated carbocycles. The van der Waals surface area contributed by atoms with Gasteiger partial charge in [0.15, 0.2) is 16.6 Å². The van der Waals surface area contributed by atoms with Crippen LogP contribution in [0.15, 0.2) is 0 Å². The van der Waals surface area contributed by atoms with Gasteiger partial charge in [-0.1, -0.05) is 0 Å². The van der Waals surface area contributed by atoms with E-state index >= 15 is 0 Å². The Morgan fingerprint density at radius 3 is 1.67 bits per heavy atom. The molecule has 0 aromatic carbocycles. The minimum absolute atomic E-state index is 0.00733. The Labute approximate surface area is 116 Å². The molecule has 0 aliphatic heterocycles. The van der Waals surface area contributed by atoms with Crippen LogP contribution >= 0.6 is 0 Å². The molecule has 0 aromatic rings. The van der Waals surface area contributed by atoms with Gasteiger partial charge in [0, 0.05) is 0 Å². The van der Waals surface area contributed by atoms with E-state index in [1.54, 1.807) is 6.92 Å². The molecule has 0 saturated heterocycles. The summed E-state index contributed by atoms with van der Waals surface area (Å²) in [4.78, 5) is 0. The Hall–Kier alpha value is 0.481. The summed E-state index contributed by atoms with van der Waals surface area (Å²) in [5, 5.41) is 0. The maximum Gasteiger partial charge on any atom is 0.257 e. The molecule has 0 aliphatic carbocycles. The van der Waals surface area contributed by atoms with Crippen LogP contribution in [-0.4, -0.2) is 46.5 Å². The van der Waals surface area contributed by atoms with Crippen LogP contribution in [0, 0.1) is 0 Å². The first-order valence-corrected chi connectivity index (χ1v) is 15.9. The molecule has 0 heterocycles. The van der Waals surface area contributed by atoms with Gasteiger partial charge in [0.05, 0.1) is 5.75 Å². The molecule has 0 aliphatic rings. The van der Waals surface area contributed by atoms with E-state index in [0.29, 0.717) is 0 Å². The highest BCUT2D eigenvalue weighted by Gasteiger charge is 2.28. The van der Waals surface area contributed by atoms with Crippen molar-refractivity contribution >= 4 is 36.5 Å². The first-order valence-electron chi connectivity index (χ1n) is 6.07. The second-order valence-electron chi connectivity index (χ2n) is 6.02. The van der Waals surface area contributed by atoms with Crippen molar-refractivity contribution in [2.45, 2.75) is 52.1 Å². The van der Waals surface area contributed by atoms with Crippen molar-refractivity contribution < 1.29 is 21.1 Å². The molecule has 0 atom stereocenters. The second-order valence-corrected chi connectivity index (χ2v) is 18.6. The molecule has 0 bridgehead atoms. The lowest BCUT2D eigenvalue weighted by atomic mass is 11.0. The molecule has 18 heavy (non-hydrogen) atoms. The highest BCUT2D eigenvalue weighted by atomic mass is 32.2. The third kappa shape index (κ3) is 10.4. The van der Waals surface area contributed by atoms with Gasteiger partial charge in [-0.05, 0) is 46.2 Å². The van der Waals surface area contributed by atoms with Crippen LogP contribution < -0.4 is 0 Å². The average molecular weight is 331 g/mol. The van der Waals surface area contributed by atoms with E-state index in [9.17, 15) is 8.42 Å². The predicted molar refractivity (Wildman–Crippen MR) is 81.7 cm³/mol. The summed E-state index contributed by atoms with van der Waals surface area (Å²) in [6.45, 7) is 13.9. The molecule has 9 heteroatoms. The summed E-state index contributed by atoms with van der Waals surface area (Å²) in [5.74, 6) is -0.461. The first kappa shape index (κ1) is 18.5. The fourth-order valence-corrected chi connectivity index (χ4v) is 8.38. The van der Waals surface area contributed by atoms with Gasteiger partial charge >= 0.3 is 0 Å². The summed E-state index contributed by atoms with van der Waals surface area (Å²) in [5.41, 5.74) is 0. The minimum atomic E-state index is -3.39. The second kappa shape index (κ2) is 6.77. The summed E-state index contributed by atoms with van der Waals surface area (Å²) in [6, 6.07) is 0. The summed E-state index contributed by atoms with van der Waals surface area (Å²) < 4.78 is 39.5. The Bertz CT molecular complexity index is 328. The molecule has 0 amide bonds. The lowest BCUT2D eigenvalue weighted by molar-refractivity contribution is 0.0534. The molecule has 0 unspecified atom stereocenters. The molecular weight excluding hydrogens is 304 g/mol. The van der Waals surface area contributed by atoms with Gasteiger partial charge < -0.3 is 12.7 Å². The van der Waals surface area contributed by atoms with Crippen molar-refractivity contribution in [2.75, 3.05) is 5.75 Å². The summed E-state index contributed by atoms with van der Waals surface area (Å²) in [6.07, 6.45) is 0. The normalized spacial score (nSPS) is 14.9. The maximum absolute atomic E-state index is 11.4. The Morgan fingerprint density at radius 2 is 1.39 bits per heavy atom. The van der Waals surface area contributed by atoms with Gasteiger partial charge in [-0.25, -0.2) is 8.42 Å². The van der Waals surface area contributed by atoms with E-state index in [4.69, 9.17) is 12.7 Å². The van der Waals surface area contributed by atoms with Gasteiger partial charge in [-0.3, -0.25) is 0 Å². The summed E-state index contributed by atoms with van der Waals surface area (Å²) in [7, 11) is -8.34. The molecular formula is C9H26O5SSi3. The lowest BCUT2D eigenvalue weighted by Crippen LogP contribution is -2.44. The van der Waals surface area contributed by atoms with Gasteiger partial charge in [-0.2, -0.15) is 0 Å². The van der Waals surface area contributed by atoms with E-state index in [0.717, 1.165) is 0 Å². The molecule has 5 nitrogen and oxygen atoms in total. The van der Waals surface area contributed by atoms with Gasteiger partial charge in [0.25, 0.3) is 10.1 Å². The van der Waals surface area contributed by atoms with Crippen molar-refractivity contribution in [3.05, 3.63) is 0 Å². The van der Waals surface area contributed by atoms with Crippen LogP contribution in [0.4, 0.5) is 0 Å². The number of hydrogen-bond donors (Lipinski definition) is 0. The van der Waals surface area contributed by atoms with Gasteiger partial charge in [-0.15, -0.1) is 0 Å². The van der Waals surface area contributed by atoms with Crippen molar-refractivity contribution in [1.29, 1.82) is 0 Å². The van der Waals surface area contributed by atoms with Crippen LogP contribution in [0.1, 0.15) is 6.92 Å². The Morgan fingerprint density at radius 1 is 1.00 bits per heavy atom. The minimum Gasteiger partial charge on any atom is -0.395 e. The quantitative estimate of drug-likeness (QED) is 0.497. The van der Waals surface area contributed by atoms with Crippen LogP contribution in [0.25, 0.3) is 0 Å². The smallest absolute Gasteiger partial charge is 0.257 e. The zero-order valence-corrected chi connectivity index (χ0v) is 16.7. The Kier molecular flexibility index (Phi) is 6.95. The SMILES string of the molecule is CCS(=O)(=O)O[SiH2]C(O[Si](C)(C)C)O[Si](C)(C)C. The molecule has 0 spiro atoms. The van der Waals surface area contributed by atoms with Crippen LogP contribution in [0.3, 0.4) is 0 Å². The van der Waals surface area contributed by atoms with E-state index in [1.165, 1.54) is 0 Å².